The smallest absolute Gasteiger partial charge is 0.205 e. The summed E-state index contributed by atoms with van der Waals surface area (Å²) in [5, 5.41) is 0. The topological polar surface area (TPSA) is 21.7 Å². The second-order valence-electron chi connectivity index (χ2n) is 7.23. The van der Waals surface area contributed by atoms with Crippen LogP contribution in [0, 0.1) is 0 Å². The molecule has 3 aliphatic heterocycles. The molecule has 2 fully saturated rings. The summed E-state index contributed by atoms with van der Waals surface area (Å²) in [7, 11) is 2.23. The summed E-state index contributed by atoms with van der Waals surface area (Å²) in [6.45, 7) is 4.71. The van der Waals surface area contributed by atoms with Gasteiger partial charge in [0, 0.05) is 11.5 Å². The Bertz CT molecular complexity index is 737. The van der Waals surface area contributed by atoms with Crippen LogP contribution in [0.5, 0.6) is 5.75 Å². The number of hydrogen-bond acceptors (Lipinski definition) is 4. The van der Waals surface area contributed by atoms with Crippen LogP contribution in [0.4, 0.5) is 0 Å². The zero-order chi connectivity index (χ0) is 15.7. The molecular formula is C19H21NO2S. The molecule has 1 spiro atoms. The molecule has 2 saturated heterocycles. The zero-order valence-corrected chi connectivity index (χ0v) is 14.4. The van der Waals surface area contributed by atoms with Crippen molar-refractivity contribution in [1.82, 2.24) is 4.90 Å². The minimum absolute atomic E-state index is 0.0865. The number of fused-ring (bicyclic) bond motifs is 2. The summed E-state index contributed by atoms with van der Waals surface area (Å²) in [5.74, 6) is 1.04. The fourth-order valence-corrected chi connectivity index (χ4v) is 5.42. The van der Waals surface area contributed by atoms with Crippen molar-refractivity contribution in [1.29, 1.82) is 0 Å². The normalized spacial score (nSPS) is 33.8. The predicted molar refractivity (Wildman–Crippen MR) is 92.1 cm³/mol. The van der Waals surface area contributed by atoms with E-state index in [-0.39, 0.29) is 10.3 Å². The Kier molecular flexibility index (Phi) is 2.86. The van der Waals surface area contributed by atoms with Gasteiger partial charge in [-0.05, 0) is 44.6 Å². The maximum absolute atomic E-state index is 6.24. The summed E-state index contributed by atoms with van der Waals surface area (Å²) in [6.07, 6.45) is 8.27. The van der Waals surface area contributed by atoms with E-state index in [2.05, 4.69) is 55.3 Å². The van der Waals surface area contributed by atoms with E-state index in [0.717, 1.165) is 18.7 Å². The minimum Gasteiger partial charge on any atom is -0.470 e. The molecule has 2 atom stereocenters. The fourth-order valence-electron chi connectivity index (χ4n) is 4.27. The first-order valence-corrected chi connectivity index (χ1v) is 9.10. The van der Waals surface area contributed by atoms with Crippen molar-refractivity contribution in [2.24, 2.45) is 0 Å². The van der Waals surface area contributed by atoms with Gasteiger partial charge < -0.3 is 9.47 Å². The Balaban J connectivity index is 1.55. The van der Waals surface area contributed by atoms with E-state index < -0.39 is 0 Å². The van der Waals surface area contributed by atoms with Crippen molar-refractivity contribution in [3.63, 3.8) is 0 Å². The maximum atomic E-state index is 6.24. The molecule has 0 saturated carbocycles. The van der Waals surface area contributed by atoms with Gasteiger partial charge in [-0.3, -0.25) is 4.90 Å². The van der Waals surface area contributed by atoms with Crippen LogP contribution >= 0.6 is 11.8 Å². The third-order valence-electron chi connectivity index (χ3n) is 5.66. The van der Waals surface area contributed by atoms with E-state index in [4.69, 9.17) is 9.47 Å². The number of thioether (sulfide) groups is 1. The molecule has 0 amide bonds. The molecule has 5 rings (SSSR count). The van der Waals surface area contributed by atoms with Gasteiger partial charge in [0.05, 0.1) is 18.1 Å². The predicted octanol–water partition coefficient (Wildman–Crippen LogP) is 3.36. The number of ether oxygens (including phenoxy) is 2. The van der Waals surface area contributed by atoms with Gasteiger partial charge >= 0.3 is 0 Å². The lowest BCUT2D eigenvalue weighted by atomic mass is 9.71. The molecular weight excluding hydrogens is 306 g/mol. The lowest BCUT2D eigenvalue weighted by Crippen LogP contribution is -2.49. The van der Waals surface area contributed by atoms with Crippen LogP contribution in [0.2, 0.25) is 0 Å². The molecule has 3 heterocycles. The van der Waals surface area contributed by atoms with Crippen molar-refractivity contribution >= 4 is 11.8 Å². The Morgan fingerprint density at radius 3 is 2.96 bits per heavy atom. The Morgan fingerprint density at radius 1 is 1.30 bits per heavy atom. The number of hydrogen-bond donors (Lipinski definition) is 0. The van der Waals surface area contributed by atoms with Crippen molar-refractivity contribution in [3.8, 4) is 5.75 Å². The number of likely N-dealkylation sites (N-methyl/N-ethyl adjacent to an activating group) is 1. The summed E-state index contributed by atoms with van der Waals surface area (Å²) >= 11 is 1.82. The van der Waals surface area contributed by atoms with Gasteiger partial charge in [0.2, 0.25) is 4.93 Å². The molecule has 1 aromatic carbocycles. The number of allylic oxidation sites excluding steroid dienone is 2. The lowest BCUT2D eigenvalue weighted by molar-refractivity contribution is -0.0997. The first kappa shape index (κ1) is 14.1. The molecule has 3 nitrogen and oxygen atoms in total. The first-order valence-electron chi connectivity index (χ1n) is 8.29. The molecule has 4 aliphatic rings. The Hall–Kier alpha value is -1.23. The van der Waals surface area contributed by atoms with Crippen LogP contribution in [0.3, 0.4) is 0 Å². The average molecular weight is 327 g/mol. The van der Waals surface area contributed by atoms with Crippen LogP contribution in [0.15, 0.2) is 46.9 Å². The van der Waals surface area contributed by atoms with E-state index in [1.54, 1.807) is 0 Å². The van der Waals surface area contributed by atoms with Crippen LogP contribution in [-0.4, -0.2) is 42.7 Å². The van der Waals surface area contributed by atoms with Crippen molar-refractivity contribution < 1.29 is 9.47 Å². The summed E-state index contributed by atoms with van der Waals surface area (Å²) in [4.78, 5) is 3.57. The largest absolute Gasteiger partial charge is 0.470 e. The maximum Gasteiger partial charge on any atom is 0.205 e. The third kappa shape index (κ3) is 1.92. The highest BCUT2D eigenvalue weighted by Crippen LogP contribution is 2.53. The van der Waals surface area contributed by atoms with Crippen LogP contribution < -0.4 is 4.74 Å². The van der Waals surface area contributed by atoms with Gasteiger partial charge in [0.25, 0.3) is 0 Å². The number of rotatable bonds is 1. The Labute approximate surface area is 141 Å². The summed E-state index contributed by atoms with van der Waals surface area (Å²) in [6, 6.07) is 7.27. The van der Waals surface area contributed by atoms with Crippen LogP contribution in [-0.2, 0) is 10.2 Å². The van der Waals surface area contributed by atoms with E-state index in [0.29, 0.717) is 19.3 Å². The van der Waals surface area contributed by atoms with Crippen molar-refractivity contribution in [3.05, 3.63) is 47.6 Å². The summed E-state index contributed by atoms with van der Waals surface area (Å²) < 4.78 is 11.6. The molecule has 0 N–H and O–H groups in total. The number of benzene rings is 1. The molecule has 0 bridgehead atoms. The zero-order valence-electron chi connectivity index (χ0n) is 13.5. The minimum atomic E-state index is -0.149. The molecule has 120 valence electrons. The lowest BCUT2D eigenvalue weighted by Gasteiger charge is -2.37. The SMILES string of the molecule is CC1=C[C@@H]2N(C)CC[C@]2(c2ccc3c(c2)OC2(COC2)S3)C=C1. The molecule has 0 aromatic heterocycles. The highest BCUT2D eigenvalue weighted by Gasteiger charge is 2.49. The van der Waals surface area contributed by atoms with Crippen molar-refractivity contribution in [2.75, 3.05) is 26.8 Å². The Morgan fingerprint density at radius 2 is 2.17 bits per heavy atom. The molecule has 23 heavy (non-hydrogen) atoms. The second-order valence-corrected chi connectivity index (χ2v) is 8.62. The van der Waals surface area contributed by atoms with Crippen LogP contribution in [0.1, 0.15) is 18.9 Å². The van der Waals surface area contributed by atoms with E-state index in [1.165, 1.54) is 16.0 Å². The van der Waals surface area contributed by atoms with E-state index in [1.807, 2.05) is 11.8 Å². The highest BCUT2D eigenvalue weighted by atomic mass is 32.2. The van der Waals surface area contributed by atoms with Gasteiger partial charge in [0.15, 0.2) is 0 Å². The molecule has 0 unspecified atom stereocenters. The molecule has 1 aliphatic carbocycles. The molecule has 4 heteroatoms. The number of nitrogens with zero attached hydrogens (tertiary/aromatic N) is 1. The average Bonchev–Trinajstić information content (AvgIpc) is 3.06. The van der Waals surface area contributed by atoms with E-state index >= 15 is 0 Å². The quantitative estimate of drug-likeness (QED) is 0.788. The van der Waals surface area contributed by atoms with Gasteiger partial charge in [0.1, 0.15) is 5.75 Å². The van der Waals surface area contributed by atoms with Gasteiger partial charge in [-0.2, -0.15) is 0 Å². The van der Waals surface area contributed by atoms with Gasteiger partial charge in [-0.25, -0.2) is 0 Å². The third-order valence-corrected chi connectivity index (χ3v) is 6.91. The van der Waals surface area contributed by atoms with Crippen molar-refractivity contribution in [2.45, 2.75) is 34.6 Å². The van der Waals surface area contributed by atoms with Gasteiger partial charge in [-0.1, -0.05) is 41.6 Å². The molecule has 1 aromatic rings. The second kappa shape index (κ2) is 4.65. The fraction of sp³-hybridized carbons (Fsp3) is 0.474. The van der Waals surface area contributed by atoms with Gasteiger partial charge in [-0.15, -0.1) is 0 Å². The monoisotopic (exact) mass is 327 g/mol. The highest BCUT2D eigenvalue weighted by molar-refractivity contribution is 8.01. The van der Waals surface area contributed by atoms with E-state index in [9.17, 15) is 0 Å². The first-order chi connectivity index (χ1) is 11.1. The van der Waals surface area contributed by atoms with Crippen LogP contribution in [0.25, 0.3) is 0 Å². The summed E-state index contributed by atoms with van der Waals surface area (Å²) in [5.41, 5.74) is 2.82. The number of likely N-dealkylation sites (tertiary alicyclic amines) is 1. The standard InChI is InChI=1S/C19H21NO2S/c1-13-5-6-18(7-8-20(2)17(18)9-13)14-3-4-16-15(10-14)22-19(23-16)11-21-12-19/h3-6,9-10,17H,7-8,11-12H2,1-2H3/t17-,18-/m0/s1. The molecule has 0 radical (unpaired) electrons.